The number of imidazole rings is 1. The molecule has 0 amide bonds. The zero-order chi connectivity index (χ0) is 12.3. The number of aldehydes is 1. The number of carbonyl (C=O) groups is 2. The van der Waals surface area contributed by atoms with E-state index in [2.05, 4.69) is 14.8 Å². The van der Waals surface area contributed by atoms with Gasteiger partial charge in [-0.2, -0.15) is 5.10 Å². The summed E-state index contributed by atoms with van der Waals surface area (Å²) in [7, 11) is 1.29. The molecule has 86 valence electrons. The van der Waals surface area contributed by atoms with Crippen molar-refractivity contribution in [2.24, 2.45) is 0 Å². The van der Waals surface area contributed by atoms with E-state index >= 15 is 0 Å². The number of aromatic nitrogens is 3. The van der Waals surface area contributed by atoms with Crippen molar-refractivity contribution in [3.63, 3.8) is 0 Å². The Balaban J connectivity index is 2.53. The fraction of sp³-hybridized carbons (Fsp3) is 0.0909. The van der Waals surface area contributed by atoms with Gasteiger partial charge in [0.1, 0.15) is 6.29 Å². The lowest BCUT2D eigenvalue weighted by atomic mass is 10.4. The number of fused-ring (bicyclic) bond motifs is 1. The van der Waals surface area contributed by atoms with Crippen LogP contribution in [0.4, 0.5) is 0 Å². The van der Waals surface area contributed by atoms with Gasteiger partial charge in [0.25, 0.3) is 0 Å². The minimum atomic E-state index is -0.522. The van der Waals surface area contributed by atoms with Crippen molar-refractivity contribution in [3.05, 3.63) is 35.8 Å². The van der Waals surface area contributed by atoms with Gasteiger partial charge < -0.3 is 4.74 Å². The lowest BCUT2D eigenvalue weighted by Crippen LogP contribution is -2.07. The minimum absolute atomic E-state index is 0.179. The van der Waals surface area contributed by atoms with Crippen molar-refractivity contribution < 1.29 is 14.3 Å². The van der Waals surface area contributed by atoms with Crippen LogP contribution in [0.15, 0.2) is 24.4 Å². The van der Waals surface area contributed by atoms with Crippen LogP contribution in [0.1, 0.15) is 16.2 Å². The molecule has 0 N–H and O–H groups in total. The van der Waals surface area contributed by atoms with E-state index in [4.69, 9.17) is 0 Å². The smallest absolute Gasteiger partial charge is 0.358 e. The third kappa shape index (κ3) is 2.05. The quantitative estimate of drug-likeness (QED) is 0.442. The largest absolute Gasteiger partial charge is 0.464 e. The van der Waals surface area contributed by atoms with Crippen LogP contribution < -0.4 is 0 Å². The number of rotatable bonds is 3. The van der Waals surface area contributed by atoms with Gasteiger partial charge in [0.05, 0.1) is 19.0 Å². The van der Waals surface area contributed by atoms with E-state index < -0.39 is 5.97 Å². The summed E-state index contributed by atoms with van der Waals surface area (Å²) in [5.74, 6) is -0.522. The first-order valence-corrected chi connectivity index (χ1v) is 4.81. The Morgan fingerprint density at radius 3 is 3.00 bits per heavy atom. The third-order valence-electron chi connectivity index (χ3n) is 2.13. The lowest BCUT2D eigenvalue weighted by molar-refractivity contribution is -0.104. The molecule has 2 aromatic heterocycles. The molecule has 0 spiro atoms. The zero-order valence-electron chi connectivity index (χ0n) is 9.03. The molecule has 0 bridgehead atoms. The number of esters is 1. The Kier molecular flexibility index (Phi) is 2.95. The maximum absolute atomic E-state index is 11.3. The van der Waals surface area contributed by atoms with Crippen molar-refractivity contribution in [2.75, 3.05) is 7.11 Å². The van der Waals surface area contributed by atoms with E-state index in [1.54, 1.807) is 18.3 Å². The van der Waals surface area contributed by atoms with E-state index in [0.29, 0.717) is 17.6 Å². The topological polar surface area (TPSA) is 73.6 Å². The van der Waals surface area contributed by atoms with Crippen molar-refractivity contribution in [2.45, 2.75) is 0 Å². The van der Waals surface area contributed by atoms with Gasteiger partial charge in [-0.1, -0.05) is 0 Å². The molecule has 0 atom stereocenters. The maximum atomic E-state index is 11.3. The molecule has 0 fully saturated rings. The Bertz CT molecular complexity index is 601. The highest BCUT2D eigenvalue weighted by Gasteiger charge is 2.09. The van der Waals surface area contributed by atoms with Gasteiger partial charge in [0.15, 0.2) is 11.3 Å². The van der Waals surface area contributed by atoms with Crippen LogP contribution in [0.2, 0.25) is 0 Å². The molecule has 6 nitrogen and oxygen atoms in total. The van der Waals surface area contributed by atoms with E-state index in [0.717, 1.165) is 0 Å². The molecule has 0 aromatic carbocycles. The van der Waals surface area contributed by atoms with Gasteiger partial charge in [-0.3, -0.25) is 4.79 Å². The molecule has 17 heavy (non-hydrogen) atoms. The van der Waals surface area contributed by atoms with Gasteiger partial charge in [0, 0.05) is 0 Å². The summed E-state index contributed by atoms with van der Waals surface area (Å²) in [6.07, 6.45) is 5.10. The Morgan fingerprint density at radius 2 is 2.29 bits per heavy atom. The monoisotopic (exact) mass is 231 g/mol. The van der Waals surface area contributed by atoms with Crippen LogP contribution in [-0.2, 0) is 9.53 Å². The van der Waals surface area contributed by atoms with Crippen LogP contribution in [0.25, 0.3) is 11.7 Å². The summed E-state index contributed by atoms with van der Waals surface area (Å²) in [6, 6.07) is 3.18. The van der Waals surface area contributed by atoms with Gasteiger partial charge in [-0.25, -0.2) is 14.3 Å². The first-order valence-electron chi connectivity index (χ1n) is 4.81. The van der Waals surface area contributed by atoms with Crippen LogP contribution >= 0.6 is 0 Å². The van der Waals surface area contributed by atoms with Crippen molar-refractivity contribution in [1.29, 1.82) is 0 Å². The fourth-order valence-corrected chi connectivity index (χ4v) is 1.36. The number of carbonyl (C=O) groups excluding carboxylic acids is 2. The van der Waals surface area contributed by atoms with Crippen molar-refractivity contribution >= 4 is 24.0 Å². The molecule has 6 heteroatoms. The molecule has 2 heterocycles. The second-order valence-corrected chi connectivity index (χ2v) is 3.16. The summed E-state index contributed by atoms with van der Waals surface area (Å²) in [6.45, 7) is 0. The number of allylic oxidation sites excluding steroid dienone is 1. The highest BCUT2D eigenvalue weighted by molar-refractivity contribution is 5.87. The van der Waals surface area contributed by atoms with Crippen molar-refractivity contribution in [3.8, 4) is 0 Å². The van der Waals surface area contributed by atoms with Crippen LogP contribution in [0, 0.1) is 0 Å². The first kappa shape index (κ1) is 11.0. The highest BCUT2D eigenvalue weighted by Crippen LogP contribution is 2.08. The second kappa shape index (κ2) is 4.56. The van der Waals surface area contributed by atoms with Crippen LogP contribution in [0.5, 0.6) is 0 Å². The average molecular weight is 231 g/mol. The van der Waals surface area contributed by atoms with Gasteiger partial charge in [0.2, 0.25) is 0 Å². The molecule has 0 unspecified atom stereocenters. The molecule has 0 saturated carbocycles. The molecular formula is C11H9N3O3. The summed E-state index contributed by atoms with van der Waals surface area (Å²) in [5, 5.41) is 4.07. The van der Waals surface area contributed by atoms with E-state index in [9.17, 15) is 9.59 Å². The number of nitrogens with zero attached hydrogens (tertiary/aromatic N) is 3. The molecule has 0 saturated heterocycles. The Labute approximate surface area is 96.5 Å². The molecular weight excluding hydrogens is 222 g/mol. The van der Waals surface area contributed by atoms with E-state index in [1.807, 2.05) is 0 Å². The SMILES string of the molecule is COC(=O)c1ccc2ncc(/C=C/C=O)n2n1. The number of ether oxygens (including phenoxy) is 1. The second-order valence-electron chi connectivity index (χ2n) is 3.16. The molecule has 0 aliphatic heterocycles. The average Bonchev–Trinajstić information content (AvgIpc) is 2.77. The third-order valence-corrected chi connectivity index (χ3v) is 2.13. The van der Waals surface area contributed by atoms with E-state index in [-0.39, 0.29) is 5.69 Å². The lowest BCUT2D eigenvalue weighted by Gasteiger charge is -2.00. The molecule has 2 rings (SSSR count). The minimum Gasteiger partial charge on any atom is -0.464 e. The van der Waals surface area contributed by atoms with Crippen LogP contribution in [0.3, 0.4) is 0 Å². The fourth-order valence-electron chi connectivity index (χ4n) is 1.36. The highest BCUT2D eigenvalue weighted by atomic mass is 16.5. The predicted octanol–water partition coefficient (Wildman–Crippen LogP) is 0.728. The molecule has 2 aromatic rings. The summed E-state index contributed by atoms with van der Waals surface area (Å²) >= 11 is 0. The van der Waals surface area contributed by atoms with Crippen LogP contribution in [-0.4, -0.2) is 34.0 Å². The predicted molar refractivity (Wildman–Crippen MR) is 59.4 cm³/mol. The number of methoxy groups -OCH3 is 1. The zero-order valence-corrected chi connectivity index (χ0v) is 9.03. The van der Waals surface area contributed by atoms with Gasteiger partial charge >= 0.3 is 5.97 Å². The van der Waals surface area contributed by atoms with Crippen molar-refractivity contribution in [1.82, 2.24) is 14.6 Å². The molecule has 0 aliphatic carbocycles. The number of hydrogen-bond donors (Lipinski definition) is 0. The summed E-state index contributed by atoms with van der Waals surface area (Å²) in [5.41, 5.74) is 1.37. The standard InChI is InChI=1S/C11H9N3O3/c1-17-11(16)9-4-5-10-12-7-8(3-2-6-15)14(10)13-9/h2-7H,1H3/b3-2+. The maximum Gasteiger partial charge on any atom is 0.358 e. The first-order chi connectivity index (χ1) is 8.26. The van der Waals surface area contributed by atoms with Gasteiger partial charge in [-0.15, -0.1) is 0 Å². The number of hydrogen-bond acceptors (Lipinski definition) is 5. The Hall–Kier alpha value is -2.50. The summed E-state index contributed by atoms with van der Waals surface area (Å²) < 4.78 is 6.04. The molecule has 0 aliphatic rings. The summed E-state index contributed by atoms with van der Waals surface area (Å²) in [4.78, 5) is 25.6. The van der Waals surface area contributed by atoms with E-state index in [1.165, 1.54) is 23.8 Å². The van der Waals surface area contributed by atoms with Gasteiger partial charge in [-0.05, 0) is 24.3 Å². The molecule has 0 radical (unpaired) electrons. The normalized spacial score (nSPS) is 10.9. The Morgan fingerprint density at radius 1 is 1.47 bits per heavy atom.